The third-order valence-electron chi connectivity index (χ3n) is 5.19. The highest BCUT2D eigenvalue weighted by molar-refractivity contribution is 7.14. The summed E-state index contributed by atoms with van der Waals surface area (Å²) in [5, 5.41) is 7.91. The predicted octanol–water partition coefficient (Wildman–Crippen LogP) is 3.26. The first kappa shape index (κ1) is 22.9. The molecule has 0 saturated carbocycles. The summed E-state index contributed by atoms with van der Waals surface area (Å²) < 4.78 is 5.77. The van der Waals surface area contributed by atoms with E-state index in [1.165, 1.54) is 11.3 Å². The first-order chi connectivity index (χ1) is 16.0. The molecule has 3 heterocycles. The molecule has 8 nitrogen and oxygen atoms in total. The molecule has 2 N–H and O–H groups in total. The van der Waals surface area contributed by atoms with Crippen LogP contribution in [-0.2, 0) is 22.5 Å². The van der Waals surface area contributed by atoms with Gasteiger partial charge in [0.1, 0.15) is 5.82 Å². The lowest BCUT2D eigenvalue weighted by Gasteiger charge is -2.36. The molecule has 2 amide bonds. The van der Waals surface area contributed by atoms with Crippen molar-refractivity contribution in [1.82, 2.24) is 15.3 Å². The molecule has 3 aromatic rings. The average molecular weight is 466 g/mol. The van der Waals surface area contributed by atoms with Crippen molar-refractivity contribution in [2.45, 2.75) is 39.0 Å². The van der Waals surface area contributed by atoms with Gasteiger partial charge in [0, 0.05) is 36.8 Å². The smallest absolute Gasteiger partial charge is 0.257 e. The van der Waals surface area contributed by atoms with Crippen molar-refractivity contribution in [3.8, 4) is 0 Å². The summed E-state index contributed by atoms with van der Waals surface area (Å²) in [6.45, 7) is 6.15. The highest BCUT2D eigenvalue weighted by atomic mass is 32.1. The number of pyridine rings is 1. The van der Waals surface area contributed by atoms with E-state index in [2.05, 4.69) is 39.3 Å². The molecule has 2 aromatic heterocycles. The van der Waals surface area contributed by atoms with E-state index in [4.69, 9.17) is 4.74 Å². The number of benzene rings is 1. The van der Waals surface area contributed by atoms with Crippen molar-refractivity contribution in [2.75, 3.05) is 23.3 Å². The average Bonchev–Trinajstić information content (AvgIpc) is 3.24. The van der Waals surface area contributed by atoms with Crippen molar-refractivity contribution in [3.63, 3.8) is 0 Å². The maximum atomic E-state index is 12.3. The number of carbonyl (C=O) groups is 2. The summed E-state index contributed by atoms with van der Waals surface area (Å²) in [6, 6.07) is 12.9. The molecule has 1 aliphatic heterocycles. The first-order valence-corrected chi connectivity index (χ1v) is 11.8. The Morgan fingerprint density at radius 3 is 2.58 bits per heavy atom. The number of thiazole rings is 1. The fraction of sp³-hybridized carbons (Fsp3) is 0.333. The van der Waals surface area contributed by atoms with Crippen molar-refractivity contribution < 1.29 is 14.3 Å². The van der Waals surface area contributed by atoms with Crippen LogP contribution in [0.4, 0.5) is 10.9 Å². The second kappa shape index (κ2) is 10.5. The maximum absolute atomic E-state index is 12.3. The molecule has 172 valence electrons. The maximum Gasteiger partial charge on any atom is 0.257 e. The van der Waals surface area contributed by atoms with Gasteiger partial charge >= 0.3 is 0 Å². The van der Waals surface area contributed by atoms with Crippen LogP contribution < -0.4 is 15.5 Å². The van der Waals surface area contributed by atoms with Gasteiger partial charge in [0.2, 0.25) is 5.91 Å². The molecule has 4 rings (SSSR count). The van der Waals surface area contributed by atoms with E-state index in [1.54, 1.807) is 35.8 Å². The molecule has 33 heavy (non-hydrogen) atoms. The van der Waals surface area contributed by atoms with Gasteiger partial charge in [-0.25, -0.2) is 9.97 Å². The molecule has 1 aliphatic rings. The number of amides is 2. The van der Waals surface area contributed by atoms with Crippen LogP contribution in [0.15, 0.2) is 54.0 Å². The van der Waals surface area contributed by atoms with Gasteiger partial charge in [-0.05, 0) is 37.6 Å². The fourth-order valence-corrected chi connectivity index (χ4v) is 4.41. The van der Waals surface area contributed by atoms with E-state index in [0.717, 1.165) is 24.5 Å². The summed E-state index contributed by atoms with van der Waals surface area (Å²) in [5.74, 6) is 0.554. The lowest BCUT2D eigenvalue weighted by Crippen LogP contribution is -2.45. The van der Waals surface area contributed by atoms with E-state index in [1.807, 2.05) is 18.2 Å². The number of rotatable bonds is 7. The number of aromatic nitrogens is 2. The minimum Gasteiger partial charge on any atom is -0.372 e. The molecule has 0 bridgehead atoms. The van der Waals surface area contributed by atoms with Crippen molar-refractivity contribution >= 4 is 34.1 Å². The van der Waals surface area contributed by atoms with Crippen LogP contribution in [0, 0.1) is 0 Å². The van der Waals surface area contributed by atoms with E-state index in [-0.39, 0.29) is 30.4 Å². The van der Waals surface area contributed by atoms with Crippen LogP contribution >= 0.6 is 11.3 Å². The molecule has 0 spiro atoms. The van der Waals surface area contributed by atoms with Crippen LogP contribution in [0.2, 0.25) is 0 Å². The standard InChI is InChI=1S/C24H27N5O3S/c1-16-13-29(14-17(2)32-16)21-9-8-18(11-25-21)12-26-22(30)10-20-15-33-24(27-20)28-23(31)19-6-4-3-5-7-19/h3-9,11,15-17H,10,12-14H2,1-2H3,(H,26,30)(H,27,28,31). The number of hydrogen-bond donors (Lipinski definition) is 2. The number of nitrogens with one attached hydrogen (secondary N) is 2. The molecule has 1 aromatic carbocycles. The molecule has 1 fully saturated rings. The quantitative estimate of drug-likeness (QED) is 0.556. The minimum atomic E-state index is -0.224. The predicted molar refractivity (Wildman–Crippen MR) is 129 cm³/mol. The zero-order valence-electron chi connectivity index (χ0n) is 18.7. The van der Waals surface area contributed by atoms with Gasteiger partial charge in [-0.15, -0.1) is 11.3 Å². The molecule has 0 aliphatic carbocycles. The number of carbonyl (C=O) groups excluding carboxylic acids is 2. The monoisotopic (exact) mass is 465 g/mol. The molecular formula is C24H27N5O3S. The van der Waals surface area contributed by atoms with Crippen LogP contribution in [-0.4, -0.2) is 47.1 Å². The van der Waals surface area contributed by atoms with Crippen LogP contribution in [0.5, 0.6) is 0 Å². The number of nitrogens with zero attached hydrogens (tertiary/aromatic N) is 3. The Morgan fingerprint density at radius 1 is 1.12 bits per heavy atom. The van der Waals surface area contributed by atoms with Gasteiger partial charge in [-0.2, -0.15) is 0 Å². The molecular weight excluding hydrogens is 438 g/mol. The normalized spacial score (nSPS) is 18.1. The fourth-order valence-electron chi connectivity index (χ4n) is 3.71. The second-order valence-electron chi connectivity index (χ2n) is 8.10. The summed E-state index contributed by atoms with van der Waals surface area (Å²) in [6.07, 6.45) is 2.28. The first-order valence-electron chi connectivity index (χ1n) is 10.9. The topological polar surface area (TPSA) is 96.5 Å². The zero-order chi connectivity index (χ0) is 23.2. The SMILES string of the molecule is CC1CN(c2ccc(CNC(=O)Cc3csc(NC(=O)c4ccccc4)n3)cn2)CC(C)O1. The summed E-state index contributed by atoms with van der Waals surface area (Å²) in [5.41, 5.74) is 2.10. The van der Waals surface area contributed by atoms with E-state index < -0.39 is 0 Å². The Balaban J connectivity index is 1.25. The van der Waals surface area contributed by atoms with Gasteiger partial charge in [0.25, 0.3) is 5.91 Å². The van der Waals surface area contributed by atoms with Crippen LogP contribution in [0.25, 0.3) is 0 Å². The Kier molecular flexibility index (Phi) is 7.31. The molecule has 0 radical (unpaired) electrons. The van der Waals surface area contributed by atoms with E-state index in [9.17, 15) is 9.59 Å². The van der Waals surface area contributed by atoms with Crippen molar-refractivity contribution in [2.24, 2.45) is 0 Å². The van der Waals surface area contributed by atoms with E-state index in [0.29, 0.717) is 22.9 Å². The summed E-state index contributed by atoms with van der Waals surface area (Å²) in [7, 11) is 0. The second-order valence-corrected chi connectivity index (χ2v) is 8.96. The number of anilines is 2. The van der Waals surface area contributed by atoms with E-state index >= 15 is 0 Å². The van der Waals surface area contributed by atoms with Gasteiger partial charge in [-0.3, -0.25) is 14.9 Å². The Morgan fingerprint density at radius 2 is 1.88 bits per heavy atom. The van der Waals surface area contributed by atoms with Crippen molar-refractivity contribution in [3.05, 3.63) is 70.9 Å². The lowest BCUT2D eigenvalue weighted by molar-refractivity contribution is -0.120. The molecule has 9 heteroatoms. The van der Waals surface area contributed by atoms with Gasteiger partial charge < -0.3 is 15.0 Å². The summed E-state index contributed by atoms with van der Waals surface area (Å²) >= 11 is 1.30. The third kappa shape index (κ3) is 6.36. The number of morpholine rings is 1. The largest absolute Gasteiger partial charge is 0.372 e. The Bertz CT molecular complexity index is 1080. The number of ether oxygens (including phenoxy) is 1. The van der Waals surface area contributed by atoms with Crippen LogP contribution in [0.3, 0.4) is 0 Å². The zero-order valence-corrected chi connectivity index (χ0v) is 19.5. The minimum absolute atomic E-state index is 0.138. The van der Waals surface area contributed by atoms with Gasteiger partial charge in [0.15, 0.2) is 5.13 Å². The highest BCUT2D eigenvalue weighted by Crippen LogP contribution is 2.19. The lowest BCUT2D eigenvalue weighted by atomic mass is 10.2. The third-order valence-corrected chi connectivity index (χ3v) is 6.00. The van der Waals surface area contributed by atoms with Crippen molar-refractivity contribution in [1.29, 1.82) is 0 Å². The van der Waals surface area contributed by atoms with Gasteiger partial charge in [-0.1, -0.05) is 24.3 Å². The molecule has 1 saturated heterocycles. The Hall–Kier alpha value is -3.30. The summed E-state index contributed by atoms with van der Waals surface area (Å²) in [4.78, 5) is 35.7. The molecule has 2 unspecified atom stereocenters. The number of hydrogen-bond acceptors (Lipinski definition) is 7. The van der Waals surface area contributed by atoms with Crippen LogP contribution in [0.1, 0.15) is 35.5 Å². The molecule has 2 atom stereocenters. The highest BCUT2D eigenvalue weighted by Gasteiger charge is 2.23. The Labute approximate surface area is 197 Å². The van der Waals surface area contributed by atoms with Gasteiger partial charge in [0.05, 0.1) is 24.3 Å².